The molecule has 21 heavy (non-hydrogen) atoms. The summed E-state index contributed by atoms with van der Waals surface area (Å²) in [5, 5.41) is 0. The van der Waals surface area contributed by atoms with Gasteiger partial charge in [-0.1, -0.05) is 32.8 Å². The SMILES string of the molecule is CCC(CC)C(C)NS(=O)(=O)c1cc(CN)c(C)cc1C. The minimum Gasteiger partial charge on any atom is -0.326 e. The maximum absolute atomic E-state index is 12.6. The largest absolute Gasteiger partial charge is 0.326 e. The number of aryl methyl sites for hydroxylation is 2. The summed E-state index contributed by atoms with van der Waals surface area (Å²) in [5.74, 6) is 0.347. The first-order chi connectivity index (χ1) is 9.76. The molecule has 4 nitrogen and oxygen atoms in total. The highest BCUT2D eigenvalue weighted by Crippen LogP contribution is 2.22. The van der Waals surface area contributed by atoms with Gasteiger partial charge < -0.3 is 5.73 Å². The average Bonchev–Trinajstić information content (AvgIpc) is 2.39. The zero-order valence-electron chi connectivity index (χ0n) is 13.7. The van der Waals surface area contributed by atoms with Crippen LogP contribution in [0.4, 0.5) is 0 Å². The Morgan fingerprint density at radius 1 is 1.14 bits per heavy atom. The van der Waals surface area contributed by atoms with Gasteiger partial charge in [0.05, 0.1) is 4.90 Å². The molecule has 1 unspecified atom stereocenters. The van der Waals surface area contributed by atoms with Crippen molar-refractivity contribution in [1.82, 2.24) is 4.72 Å². The van der Waals surface area contributed by atoms with E-state index >= 15 is 0 Å². The molecule has 0 heterocycles. The van der Waals surface area contributed by atoms with Crippen molar-refractivity contribution < 1.29 is 8.42 Å². The molecule has 1 atom stereocenters. The molecule has 0 aliphatic heterocycles. The zero-order valence-corrected chi connectivity index (χ0v) is 14.5. The molecule has 0 aliphatic rings. The Bertz CT molecular complexity index is 578. The lowest BCUT2D eigenvalue weighted by Crippen LogP contribution is -2.38. The molecule has 0 aromatic heterocycles. The van der Waals surface area contributed by atoms with Gasteiger partial charge in [0, 0.05) is 12.6 Å². The smallest absolute Gasteiger partial charge is 0.241 e. The highest BCUT2D eigenvalue weighted by molar-refractivity contribution is 7.89. The first kappa shape index (κ1) is 18.1. The molecule has 0 spiro atoms. The molecule has 3 N–H and O–H groups in total. The van der Waals surface area contributed by atoms with Crippen LogP contribution in [0.15, 0.2) is 17.0 Å². The van der Waals surface area contributed by atoms with Gasteiger partial charge >= 0.3 is 0 Å². The third kappa shape index (κ3) is 4.28. The Morgan fingerprint density at radius 2 is 1.71 bits per heavy atom. The summed E-state index contributed by atoms with van der Waals surface area (Å²) in [6.07, 6.45) is 1.92. The molecule has 1 rings (SSSR count). The molecule has 1 aromatic rings. The van der Waals surface area contributed by atoms with Crippen molar-refractivity contribution in [2.45, 2.75) is 64.9 Å². The molecule has 5 heteroatoms. The molecule has 0 amide bonds. The van der Waals surface area contributed by atoms with Crippen LogP contribution in [0.5, 0.6) is 0 Å². The van der Waals surface area contributed by atoms with Crippen molar-refractivity contribution in [3.63, 3.8) is 0 Å². The summed E-state index contributed by atoms with van der Waals surface area (Å²) in [6.45, 7) is 10.2. The molecular formula is C16H28N2O2S. The summed E-state index contributed by atoms with van der Waals surface area (Å²) in [5.41, 5.74) is 8.35. The predicted molar refractivity (Wildman–Crippen MR) is 87.7 cm³/mol. The topological polar surface area (TPSA) is 72.2 Å². The summed E-state index contributed by atoms with van der Waals surface area (Å²) >= 11 is 0. The molecule has 120 valence electrons. The second-order valence-corrected chi connectivity index (χ2v) is 7.42. The van der Waals surface area contributed by atoms with Gasteiger partial charge in [0.15, 0.2) is 0 Å². The van der Waals surface area contributed by atoms with E-state index < -0.39 is 10.0 Å². The van der Waals surface area contributed by atoms with Crippen LogP contribution in [0.25, 0.3) is 0 Å². The first-order valence-corrected chi connectivity index (χ1v) is 9.07. The van der Waals surface area contributed by atoms with Crippen molar-refractivity contribution in [3.8, 4) is 0 Å². The molecule has 0 fully saturated rings. The minimum atomic E-state index is -3.51. The monoisotopic (exact) mass is 312 g/mol. The van der Waals surface area contributed by atoms with E-state index in [9.17, 15) is 8.42 Å². The van der Waals surface area contributed by atoms with Crippen molar-refractivity contribution in [2.24, 2.45) is 11.7 Å². The van der Waals surface area contributed by atoms with Gasteiger partial charge in [-0.25, -0.2) is 13.1 Å². The van der Waals surface area contributed by atoms with Gasteiger partial charge in [-0.2, -0.15) is 0 Å². The number of hydrogen-bond donors (Lipinski definition) is 2. The first-order valence-electron chi connectivity index (χ1n) is 7.59. The van der Waals surface area contributed by atoms with Crippen LogP contribution in [0.1, 0.15) is 50.3 Å². The van der Waals surface area contributed by atoms with E-state index in [-0.39, 0.29) is 6.04 Å². The Kier molecular flexibility index (Phi) is 6.38. The minimum absolute atomic E-state index is 0.0768. The predicted octanol–water partition coefficient (Wildman–Crippen LogP) is 2.87. The molecule has 0 saturated carbocycles. The van der Waals surface area contributed by atoms with Crippen molar-refractivity contribution in [3.05, 3.63) is 28.8 Å². The van der Waals surface area contributed by atoms with Crippen molar-refractivity contribution in [1.29, 1.82) is 0 Å². The van der Waals surface area contributed by atoms with Gasteiger partial charge in [0.25, 0.3) is 0 Å². The fourth-order valence-corrected chi connectivity index (χ4v) is 4.37. The summed E-state index contributed by atoms with van der Waals surface area (Å²) < 4.78 is 28.1. The Labute approximate surface area is 129 Å². The number of nitrogens with one attached hydrogen (secondary N) is 1. The van der Waals surface area contributed by atoms with E-state index in [2.05, 4.69) is 18.6 Å². The molecule has 0 bridgehead atoms. The van der Waals surface area contributed by atoms with Crippen LogP contribution in [0.3, 0.4) is 0 Å². The van der Waals surface area contributed by atoms with Crippen LogP contribution in [0.2, 0.25) is 0 Å². The highest BCUT2D eigenvalue weighted by atomic mass is 32.2. The Hall–Kier alpha value is -0.910. The van der Waals surface area contributed by atoms with Gasteiger partial charge in [-0.05, 0) is 49.4 Å². The number of hydrogen-bond acceptors (Lipinski definition) is 3. The lowest BCUT2D eigenvalue weighted by molar-refractivity contribution is 0.390. The van der Waals surface area contributed by atoms with Crippen molar-refractivity contribution >= 4 is 10.0 Å². The van der Waals surface area contributed by atoms with E-state index in [0.717, 1.165) is 29.5 Å². The van der Waals surface area contributed by atoms with E-state index in [1.54, 1.807) is 6.07 Å². The summed E-state index contributed by atoms with van der Waals surface area (Å²) in [6, 6.07) is 3.51. The number of benzene rings is 1. The van der Waals surface area contributed by atoms with Gasteiger partial charge in [-0.15, -0.1) is 0 Å². The van der Waals surface area contributed by atoms with Gasteiger partial charge in [0.2, 0.25) is 10.0 Å². The molecule has 0 saturated heterocycles. The van der Waals surface area contributed by atoms with Crippen LogP contribution in [-0.2, 0) is 16.6 Å². The second kappa shape index (κ2) is 7.38. The number of nitrogens with two attached hydrogens (primary N) is 1. The van der Waals surface area contributed by atoms with Gasteiger partial charge in [0.1, 0.15) is 0 Å². The van der Waals surface area contributed by atoms with Gasteiger partial charge in [-0.3, -0.25) is 0 Å². The number of sulfonamides is 1. The van der Waals surface area contributed by atoms with E-state index in [1.165, 1.54) is 0 Å². The highest BCUT2D eigenvalue weighted by Gasteiger charge is 2.23. The van der Waals surface area contributed by atoms with E-state index in [4.69, 9.17) is 5.73 Å². The van der Waals surface area contributed by atoms with Crippen LogP contribution < -0.4 is 10.5 Å². The third-order valence-corrected chi connectivity index (χ3v) is 5.94. The fraction of sp³-hybridized carbons (Fsp3) is 0.625. The van der Waals surface area contributed by atoms with Crippen molar-refractivity contribution in [2.75, 3.05) is 0 Å². The number of rotatable bonds is 7. The third-order valence-electron chi connectivity index (χ3n) is 4.24. The maximum Gasteiger partial charge on any atom is 0.241 e. The molecular weight excluding hydrogens is 284 g/mol. The fourth-order valence-electron chi connectivity index (χ4n) is 2.78. The summed E-state index contributed by atoms with van der Waals surface area (Å²) in [4.78, 5) is 0.339. The van der Waals surface area contributed by atoms with E-state index in [0.29, 0.717) is 17.4 Å². The molecule has 0 aliphatic carbocycles. The molecule has 1 aromatic carbocycles. The lowest BCUT2D eigenvalue weighted by Gasteiger charge is -2.23. The quantitative estimate of drug-likeness (QED) is 0.813. The maximum atomic E-state index is 12.6. The average molecular weight is 312 g/mol. The van der Waals surface area contributed by atoms with Crippen LogP contribution >= 0.6 is 0 Å². The zero-order chi connectivity index (χ0) is 16.2. The Morgan fingerprint density at radius 3 is 2.19 bits per heavy atom. The summed E-state index contributed by atoms with van der Waals surface area (Å²) in [7, 11) is -3.51. The normalized spacial score (nSPS) is 13.7. The van der Waals surface area contributed by atoms with Crippen LogP contribution in [0, 0.1) is 19.8 Å². The molecule has 0 radical (unpaired) electrons. The Balaban J connectivity index is 3.14. The van der Waals surface area contributed by atoms with Crippen LogP contribution in [-0.4, -0.2) is 14.5 Å². The standard InChI is InChI=1S/C16H28N2O2S/c1-6-14(7-2)13(5)18-21(19,20)16-9-15(10-17)11(3)8-12(16)4/h8-9,13-14,18H,6-7,10,17H2,1-5H3. The van der Waals surface area contributed by atoms with E-state index in [1.807, 2.05) is 26.8 Å². The lowest BCUT2D eigenvalue weighted by atomic mass is 9.96. The second-order valence-electron chi connectivity index (χ2n) is 5.73.